The molecule has 0 unspecified atom stereocenters. The van der Waals surface area contributed by atoms with Crippen molar-refractivity contribution in [2.24, 2.45) is 0 Å². The van der Waals surface area contributed by atoms with Crippen LogP contribution < -0.4 is 0 Å². The highest BCUT2D eigenvalue weighted by Crippen LogP contribution is 1.92. The number of hydrogen-bond donors (Lipinski definition) is 1. The van der Waals surface area contributed by atoms with Gasteiger partial charge in [-0.25, -0.2) is 4.79 Å². The molecule has 3 nitrogen and oxygen atoms in total. The van der Waals surface area contributed by atoms with E-state index in [4.69, 9.17) is 5.11 Å². The Morgan fingerprint density at radius 2 is 2.30 bits per heavy atom. The van der Waals surface area contributed by atoms with Gasteiger partial charge in [0, 0.05) is 35.4 Å². The second-order valence-electron chi connectivity index (χ2n) is 1.55. The molecule has 48 valence electrons. The van der Waals surface area contributed by atoms with Crippen molar-refractivity contribution >= 4 is 29.0 Å². The Morgan fingerprint density at radius 3 is 2.60 bits per heavy atom. The molecule has 0 aliphatic rings. The fraction of sp³-hybridized carbons (Fsp3) is 0. The van der Waals surface area contributed by atoms with Crippen LogP contribution in [0, 0.1) is 0 Å². The van der Waals surface area contributed by atoms with Crippen LogP contribution in [-0.4, -0.2) is 39.1 Å². The molecule has 1 heterocycles. The second kappa shape index (κ2) is 4.24. The number of aromatic nitrogens is 1. The van der Waals surface area contributed by atoms with Crippen LogP contribution in [0.2, 0.25) is 0 Å². The molecular formula is C6H5MgNO2. The number of nitrogens with zero attached hydrogens (tertiary/aromatic N) is 1. The third-order valence-corrected chi connectivity index (χ3v) is 0.908. The van der Waals surface area contributed by atoms with E-state index in [9.17, 15) is 4.79 Å². The van der Waals surface area contributed by atoms with Crippen LogP contribution in [0.1, 0.15) is 10.4 Å². The van der Waals surface area contributed by atoms with Gasteiger partial charge in [0.05, 0.1) is 5.56 Å². The fourth-order valence-corrected chi connectivity index (χ4v) is 0.489. The van der Waals surface area contributed by atoms with Gasteiger partial charge in [-0.05, 0) is 12.1 Å². The Kier molecular flexibility index (Phi) is 3.98. The SMILES string of the molecule is O=C(O)c1cccnc1.[Mg]. The smallest absolute Gasteiger partial charge is 0.337 e. The largest absolute Gasteiger partial charge is 0.478 e. The molecule has 0 amide bonds. The van der Waals surface area contributed by atoms with Gasteiger partial charge in [0.2, 0.25) is 0 Å². The maximum Gasteiger partial charge on any atom is 0.337 e. The van der Waals surface area contributed by atoms with Gasteiger partial charge < -0.3 is 5.11 Å². The molecule has 0 aromatic carbocycles. The van der Waals surface area contributed by atoms with E-state index < -0.39 is 5.97 Å². The van der Waals surface area contributed by atoms with Gasteiger partial charge in [0.25, 0.3) is 0 Å². The first-order valence-corrected chi connectivity index (χ1v) is 2.44. The summed E-state index contributed by atoms with van der Waals surface area (Å²) < 4.78 is 0. The molecule has 1 rings (SSSR count). The third kappa shape index (κ3) is 2.32. The molecule has 10 heavy (non-hydrogen) atoms. The molecule has 4 heteroatoms. The summed E-state index contributed by atoms with van der Waals surface area (Å²) in [6.07, 6.45) is 2.84. The first-order valence-electron chi connectivity index (χ1n) is 2.44. The lowest BCUT2D eigenvalue weighted by molar-refractivity contribution is 0.0696. The molecule has 0 aliphatic carbocycles. The van der Waals surface area contributed by atoms with Crippen LogP contribution in [0.4, 0.5) is 0 Å². The van der Waals surface area contributed by atoms with Gasteiger partial charge in [-0.15, -0.1) is 0 Å². The number of carboxylic acids is 1. The molecule has 0 saturated heterocycles. The van der Waals surface area contributed by atoms with E-state index in [0.29, 0.717) is 0 Å². The summed E-state index contributed by atoms with van der Waals surface area (Å²) in [5.41, 5.74) is 0.220. The topological polar surface area (TPSA) is 50.2 Å². The zero-order valence-electron chi connectivity index (χ0n) is 5.32. The molecule has 1 aromatic heterocycles. The molecular weight excluding hydrogens is 142 g/mol. The summed E-state index contributed by atoms with van der Waals surface area (Å²) in [5.74, 6) is -0.942. The van der Waals surface area contributed by atoms with Crippen LogP contribution in [0.5, 0.6) is 0 Å². The summed E-state index contributed by atoms with van der Waals surface area (Å²) in [4.78, 5) is 13.8. The first-order chi connectivity index (χ1) is 4.30. The quantitative estimate of drug-likeness (QED) is 0.585. The molecule has 0 spiro atoms. The molecule has 0 saturated carbocycles. The Labute approximate surface area is 74.2 Å². The van der Waals surface area contributed by atoms with Crippen LogP contribution >= 0.6 is 0 Å². The minimum absolute atomic E-state index is 0. The van der Waals surface area contributed by atoms with E-state index in [-0.39, 0.29) is 28.6 Å². The molecule has 2 radical (unpaired) electrons. The molecule has 0 fully saturated rings. The van der Waals surface area contributed by atoms with E-state index in [1.165, 1.54) is 18.5 Å². The highest BCUT2D eigenvalue weighted by atomic mass is 24.3. The van der Waals surface area contributed by atoms with Crippen molar-refractivity contribution in [3.63, 3.8) is 0 Å². The lowest BCUT2D eigenvalue weighted by atomic mass is 10.3. The van der Waals surface area contributed by atoms with Crippen LogP contribution in [0.3, 0.4) is 0 Å². The van der Waals surface area contributed by atoms with Crippen LogP contribution in [0.25, 0.3) is 0 Å². The lowest BCUT2D eigenvalue weighted by Gasteiger charge is -1.87. The van der Waals surface area contributed by atoms with Crippen molar-refractivity contribution in [1.82, 2.24) is 4.98 Å². The highest BCUT2D eigenvalue weighted by molar-refractivity contribution is 5.86. The summed E-state index contributed by atoms with van der Waals surface area (Å²) in [6.45, 7) is 0. The molecule has 0 atom stereocenters. The maximum absolute atomic E-state index is 10.2. The third-order valence-electron chi connectivity index (χ3n) is 0.908. The normalized spacial score (nSPS) is 8.00. The number of pyridine rings is 1. The number of carbonyl (C=O) groups is 1. The van der Waals surface area contributed by atoms with Gasteiger partial charge in [0.1, 0.15) is 0 Å². The van der Waals surface area contributed by atoms with E-state index in [0.717, 1.165) is 0 Å². The summed E-state index contributed by atoms with van der Waals surface area (Å²) in [7, 11) is 0. The Bertz CT molecular complexity index is 212. The average Bonchev–Trinajstić information content (AvgIpc) is 1.90. The Balaban J connectivity index is 0.000000810. The monoisotopic (exact) mass is 147 g/mol. The molecule has 1 aromatic rings. The molecule has 1 N–H and O–H groups in total. The van der Waals surface area contributed by atoms with Crippen molar-refractivity contribution in [3.8, 4) is 0 Å². The average molecular weight is 147 g/mol. The van der Waals surface area contributed by atoms with E-state index in [2.05, 4.69) is 4.98 Å². The van der Waals surface area contributed by atoms with Gasteiger partial charge in [-0.2, -0.15) is 0 Å². The minimum atomic E-state index is -0.942. The number of rotatable bonds is 1. The van der Waals surface area contributed by atoms with Crippen molar-refractivity contribution in [2.75, 3.05) is 0 Å². The summed E-state index contributed by atoms with van der Waals surface area (Å²) in [5, 5.41) is 8.34. The van der Waals surface area contributed by atoms with Gasteiger partial charge in [-0.3, -0.25) is 4.98 Å². The highest BCUT2D eigenvalue weighted by Gasteiger charge is 1.97. The van der Waals surface area contributed by atoms with Gasteiger partial charge >= 0.3 is 5.97 Å². The predicted molar refractivity (Wildman–Crippen MR) is 37.0 cm³/mol. The van der Waals surface area contributed by atoms with Crippen molar-refractivity contribution in [3.05, 3.63) is 30.1 Å². The maximum atomic E-state index is 10.2. The second-order valence-corrected chi connectivity index (χ2v) is 1.55. The van der Waals surface area contributed by atoms with Gasteiger partial charge in [-0.1, -0.05) is 0 Å². The number of hydrogen-bond acceptors (Lipinski definition) is 2. The zero-order valence-corrected chi connectivity index (χ0v) is 6.73. The van der Waals surface area contributed by atoms with E-state index in [1.807, 2.05) is 0 Å². The predicted octanol–water partition coefficient (Wildman–Crippen LogP) is 0.399. The van der Waals surface area contributed by atoms with Crippen molar-refractivity contribution in [2.45, 2.75) is 0 Å². The minimum Gasteiger partial charge on any atom is -0.478 e. The first kappa shape index (κ1) is 9.39. The number of aromatic carboxylic acids is 1. The van der Waals surface area contributed by atoms with Crippen LogP contribution in [0.15, 0.2) is 24.5 Å². The van der Waals surface area contributed by atoms with Crippen LogP contribution in [-0.2, 0) is 0 Å². The Hall–Kier alpha value is -0.614. The standard InChI is InChI=1S/C6H5NO2.Mg/c8-6(9)5-2-1-3-7-4-5;/h1-4H,(H,8,9);. The van der Waals surface area contributed by atoms with E-state index in [1.54, 1.807) is 6.07 Å². The molecule has 0 aliphatic heterocycles. The summed E-state index contributed by atoms with van der Waals surface area (Å²) in [6, 6.07) is 3.08. The fourth-order valence-electron chi connectivity index (χ4n) is 0.489. The van der Waals surface area contributed by atoms with E-state index >= 15 is 0 Å². The van der Waals surface area contributed by atoms with Crippen molar-refractivity contribution in [1.29, 1.82) is 0 Å². The zero-order chi connectivity index (χ0) is 6.69. The number of carboxylic acid groups (broad SMARTS) is 1. The summed E-state index contributed by atoms with van der Waals surface area (Å²) >= 11 is 0. The lowest BCUT2D eigenvalue weighted by Crippen LogP contribution is -1.94. The Morgan fingerprint density at radius 1 is 1.60 bits per heavy atom. The van der Waals surface area contributed by atoms with Crippen molar-refractivity contribution < 1.29 is 9.90 Å². The molecule has 0 bridgehead atoms. The van der Waals surface area contributed by atoms with Gasteiger partial charge in [0.15, 0.2) is 0 Å².